The molecule has 1 fully saturated rings. The Labute approximate surface area is 138 Å². The third kappa shape index (κ3) is 2.33. The Balaban J connectivity index is 2.12. The van der Waals surface area contributed by atoms with Crippen LogP contribution in [0.15, 0.2) is 24.3 Å². The zero-order chi connectivity index (χ0) is 17.0. The number of benzene rings is 1. The molecule has 3 unspecified atom stereocenters. The first kappa shape index (κ1) is 16.3. The fourth-order valence-electron chi connectivity index (χ4n) is 4.61. The number of rotatable bonds is 2. The largest absolute Gasteiger partial charge is 0.481 e. The third-order valence-corrected chi connectivity index (χ3v) is 6.10. The summed E-state index contributed by atoms with van der Waals surface area (Å²) in [4.78, 5) is 11.9. The van der Waals surface area contributed by atoms with Gasteiger partial charge in [-0.1, -0.05) is 37.6 Å². The summed E-state index contributed by atoms with van der Waals surface area (Å²) in [5.74, 6) is -0.698. The van der Waals surface area contributed by atoms with Crippen LogP contribution in [-0.2, 0) is 15.8 Å². The number of carboxylic acids is 1. The lowest BCUT2D eigenvalue weighted by atomic mass is 9.51. The van der Waals surface area contributed by atoms with Crippen molar-refractivity contribution in [2.24, 2.45) is 11.3 Å². The maximum absolute atomic E-state index is 11.9. The molecule has 0 aromatic heterocycles. The Morgan fingerprint density at radius 2 is 1.96 bits per heavy atom. The van der Waals surface area contributed by atoms with Gasteiger partial charge in [0.2, 0.25) is 0 Å². The van der Waals surface area contributed by atoms with E-state index in [1.54, 1.807) is 13.8 Å². The summed E-state index contributed by atoms with van der Waals surface area (Å²) in [5.41, 5.74) is 1.47. The molecule has 2 N–H and O–H groups in total. The van der Waals surface area contributed by atoms with Gasteiger partial charge >= 0.3 is 5.97 Å². The highest BCUT2D eigenvalue weighted by atomic mass is 16.4. The molecule has 3 nitrogen and oxygen atoms in total. The fraction of sp³-hybridized carbons (Fsp3) is 0.550. The molecular weight excluding hydrogens is 288 g/mol. The van der Waals surface area contributed by atoms with Crippen molar-refractivity contribution in [1.82, 2.24) is 0 Å². The van der Waals surface area contributed by atoms with E-state index in [4.69, 9.17) is 0 Å². The minimum Gasteiger partial charge on any atom is -0.481 e. The zero-order valence-electron chi connectivity index (χ0n) is 14.4. The molecule has 0 radical (unpaired) electrons. The summed E-state index contributed by atoms with van der Waals surface area (Å²) in [6.45, 7) is 7.66. The van der Waals surface area contributed by atoms with Gasteiger partial charge in [0, 0.05) is 11.3 Å². The van der Waals surface area contributed by atoms with E-state index in [1.165, 1.54) is 5.56 Å². The zero-order valence-corrected chi connectivity index (χ0v) is 14.4. The quantitative estimate of drug-likeness (QED) is 0.864. The number of carboxylic acid groups (broad SMARTS) is 1. The van der Waals surface area contributed by atoms with Crippen molar-refractivity contribution in [3.8, 4) is 0 Å². The minimum atomic E-state index is -0.872. The summed E-state index contributed by atoms with van der Waals surface area (Å²) in [6, 6.07) is 6.11. The molecule has 0 spiro atoms. The standard InChI is InChI=1S/C20H26O3/c1-18(2,23)14-7-8-15-13(12-14)6-9-16-19(15,3)10-5-11-20(16,4)17(21)22/h6-9,12,16,23H,5,10-11H2,1-4H3,(H,21,22). The number of hydrogen-bond donors (Lipinski definition) is 2. The molecule has 0 bridgehead atoms. The number of fused-ring (bicyclic) bond motifs is 3. The van der Waals surface area contributed by atoms with Crippen molar-refractivity contribution in [2.45, 2.75) is 58.0 Å². The van der Waals surface area contributed by atoms with E-state index in [1.807, 2.05) is 25.1 Å². The third-order valence-electron chi connectivity index (χ3n) is 6.10. The van der Waals surface area contributed by atoms with E-state index in [-0.39, 0.29) is 11.3 Å². The smallest absolute Gasteiger partial charge is 0.309 e. The van der Waals surface area contributed by atoms with E-state index in [0.717, 1.165) is 30.4 Å². The fourth-order valence-corrected chi connectivity index (χ4v) is 4.61. The van der Waals surface area contributed by atoms with Gasteiger partial charge in [-0.25, -0.2) is 0 Å². The van der Waals surface area contributed by atoms with Crippen LogP contribution in [0.2, 0.25) is 0 Å². The second kappa shape index (κ2) is 4.94. The van der Waals surface area contributed by atoms with Crippen LogP contribution in [0.4, 0.5) is 0 Å². The topological polar surface area (TPSA) is 57.5 Å². The summed E-state index contributed by atoms with van der Waals surface area (Å²) >= 11 is 0. The van der Waals surface area contributed by atoms with Crippen LogP contribution < -0.4 is 0 Å². The lowest BCUT2D eigenvalue weighted by Crippen LogP contribution is -2.50. The molecule has 1 aromatic rings. The van der Waals surface area contributed by atoms with Crippen LogP contribution in [0.25, 0.3) is 6.08 Å². The molecule has 0 aliphatic heterocycles. The van der Waals surface area contributed by atoms with E-state index in [2.05, 4.69) is 19.1 Å². The monoisotopic (exact) mass is 314 g/mol. The maximum Gasteiger partial charge on any atom is 0.309 e. The summed E-state index contributed by atoms with van der Waals surface area (Å²) in [7, 11) is 0. The first-order valence-corrected chi connectivity index (χ1v) is 8.38. The SMILES string of the molecule is CC(C)(O)c1ccc2c(c1)C=CC1C(C)(C(=O)O)CCCC21C. The highest BCUT2D eigenvalue weighted by molar-refractivity contribution is 5.77. The number of carbonyl (C=O) groups is 1. The highest BCUT2D eigenvalue weighted by Crippen LogP contribution is 2.56. The number of allylic oxidation sites excluding steroid dienone is 1. The Kier molecular flexibility index (Phi) is 3.49. The van der Waals surface area contributed by atoms with Gasteiger partial charge in [-0.05, 0) is 56.4 Å². The van der Waals surface area contributed by atoms with Crippen LogP contribution >= 0.6 is 0 Å². The van der Waals surface area contributed by atoms with Gasteiger partial charge in [-0.15, -0.1) is 0 Å². The van der Waals surface area contributed by atoms with E-state index < -0.39 is 17.0 Å². The molecule has 0 heterocycles. The number of aliphatic carboxylic acids is 1. The molecule has 3 rings (SSSR count). The van der Waals surface area contributed by atoms with Crippen LogP contribution in [0.5, 0.6) is 0 Å². The van der Waals surface area contributed by atoms with Crippen molar-refractivity contribution in [3.63, 3.8) is 0 Å². The molecule has 23 heavy (non-hydrogen) atoms. The predicted octanol–water partition coefficient (Wildman–Crippen LogP) is 4.09. The van der Waals surface area contributed by atoms with Crippen LogP contribution in [0.3, 0.4) is 0 Å². The Hall–Kier alpha value is -1.61. The first-order valence-electron chi connectivity index (χ1n) is 8.38. The van der Waals surface area contributed by atoms with E-state index in [0.29, 0.717) is 0 Å². The van der Waals surface area contributed by atoms with Gasteiger partial charge in [0.05, 0.1) is 11.0 Å². The summed E-state index contributed by atoms with van der Waals surface area (Å²) in [6.07, 6.45) is 6.79. The van der Waals surface area contributed by atoms with Crippen molar-refractivity contribution in [1.29, 1.82) is 0 Å². The van der Waals surface area contributed by atoms with Crippen LogP contribution in [0.1, 0.15) is 63.6 Å². The molecule has 2 aliphatic carbocycles. The highest BCUT2D eigenvalue weighted by Gasteiger charge is 2.54. The van der Waals surface area contributed by atoms with Crippen LogP contribution in [-0.4, -0.2) is 16.2 Å². The van der Waals surface area contributed by atoms with Crippen molar-refractivity contribution < 1.29 is 15.0 Å². The predicted molar refractivity (Wildman–Crippen MR) is 91.2 cm³/mol. The minimum absolute atomic E-state index is 0.00161. The van der Waals surface area contributed by atoms with E-state index in [9.17, 15) is 15.0 Å². The maximum atomic E-state index is 11.9. The molecule has 3 heteroatoms. The molecule has 1 aromatic carbocycles. The molecule has 0 amide bonds. The Morgan fingerprint density at radius 3 is 2.57 bits per heavy atom. The normalized spacial score (nSPS) is 33.0. The molecular formula is C20H26O3. The first-order chi connectivity index (χ1) is 10.6. The lowest BCUT2D eigenvalue weighted by molar-refractivity contribution is -0.154. The number of hydrogen-bond acceptors (Lipinski definition) is 2. The number of aliphatic hydroxyl groups is 1. The summed E-state index contributed by atoms with van der Waals surface area (Å²) < 4.78 is 0. The second-order valence-corrected chi connectivity index (χ2v) is 8.19. The van der Waals surface area contributed by atoms with Crippen molar-refractivity contribution >= 4 is 12.0 Å². The Bertz CT molecular complexity index is 683. The van der Waals surface area contributed by atoms with Gasteiger partial charge in [0.15, 0.2) is 0 Å². The van der Waals surface area contributed by atoms with E-state index >= 15 is 0 Å². The van der Waals surface area contributed by atoms with Gasteiger partial charge in [-0.2, -0.15) is 0 Å². The lowest BCUT2D eigenvalue weighted by Gasteiger charge is -2.51. The van der Waals surface area contributed by atoms with Gasteiger partial charge in [-0.3, -0.25) is 4.79 Å². The van der Waals surface area contributed by atoms with Gasteiger partial charge in [0.25, 0.3) is 0 Å². The molecule has 124 valence electrons. The van der Waals surface area contributed by atoms with Crippen molar-refractivity contribution in [2.75, 3.05) is 0 Å². The van der Waals surface area contributed by atoms with Gasteiger partial charge in [0.1, 0.15) is 0 Å². The summed E-state index contributed by atoms with van der Waals surface area (Å²) in [5, 5.41) is 20.0. The van der Waals surface area contributed by atoms with Crippen molar-refractivity contribution in [3.05, 3.63) is 41.0 Å². The second-order valence-electron chi connectivity index (χ2n) is 8.19. The molecule has 2 aliphatic rings. The molecule has 1 saturated carbocycles. The average molecular weight is 314 g/mol. The van der Waals surface area contributed by atoms with Gasteiger partial charge < -0.3 is 10.2 Å². The Morgan fingerprint density at radius 1 is 1.26 bits per heavy atom. The molecule has 0 saturated heterocycles. The average Bonchev–Trinajstić information content (AvgIpc) is 2.45. The van der Waals surface area contributed by atoms with Crippen LogP contribution in [0, 0.1) is 11.3 Å². The molecule has 3 atom stereocenters.